The third-order valence-corrected chi connectivity index (χ3v) is 2.99. The Bertz CT molecular complexity index is 513. The molecule has 5 nitrogen and oxygen atoms in total. The van der Waals surface area contributed by atoms with Gasteiger partial charge in [-0.1, -0.05) is 6.07 Å². The molecule has 2 N–H and O–H groups in total. The van der Waals surface area contributed by atoms with E-state index in [0.717, 1.165) is 18.9 Å². The SMILES string of the molecule is COc1ccc(C(NC(=O)C2CC2)C(=O)O)cc1F. The van der Waals surface area contributed by atoms with E-state index < -0.39 is 17.8 Å². The van der Waals surface area contributed by atoms with Gasteiger partial charge in [0.05, 0.1) is 7.11 Å². The maximum absolute atomic E-state index is 13.6. The lowest BCUT2D eigenvalue weighted by molar-refractivity contribution is -0.142. The highest BCUT2D eigenvalue weighted by Gasteiger charge is 2.33. The van der Waals surface area contributed by atoms with Crippen LogP contribution < -0.4 is 10.1 Å². The number of amides is 1. The fourth-order valence-electron chi connectivity index (χ4n) is 1.76. The zero-order valence-electron chi connectivity index (χ0n) is 10.4. The highest BCUT2D eigenvalue weighted by Crippen LogP contribution is 2.30. The van der Waals surface area contributed by atoms with E-state index in [-0.39, 0.29) is 23.1 Å². The summed E-state index contributed by atoms with van der Waals surface area (Å²) < 4.78 is 18.3. The molecule has 0 aliphatic heterocycles. The van der Waals surface area contributed by atoms with Crippen molar-refractivity contribution in [1.82, 2.24) is 5.32 Å². The molecule has 1 atom stereocenters. The summed E-state index contributed by atoms with van der Waals surface area (Å²) in [5, 5.41) is 11.5. The summed E-state index contributed by atoms with van der Waals surface area (Å²) in [6.45, 7) is 0. The maximum atomic E-state index is 13.6. The Balaban J connectivity index is 2.20. The summed E-state index contributed by atoms with van der Waals surface area (Å²) in [4.78, 5) is 22.8. The first-order chi connectivity index (χ1) is 9.02. The molecule has 1 aliphatic rings. The van der Waals surface area contributed by atoms with Crippen molar-refractivity contribution < 1.29 is 23.8 Å². The van der Waals surface area contributed by atoms with Gasteiger partial charge in [-0.15, -0.1) is 0 Å². The molecule has 0 radical (unpaired) electrons. The van der Waals surface area contributed by atoms with Crippen LogP contribution in [0, 0.1) is 11.7 Å². The number of aliphatic carboxylic acids is 1. The largest absolute Gasteiger partial charge is 0.494 e. The number of methoxy groups -OCH3 is 1. The Labute approximate surface area is 109 Å². The fraction of sp³-hybridized carbons (Fsp3) is 0.385. The fourth-order valence-corrected chi connectivity index (χ4v) is 1.76. The number of carboxylic acid groups (broad SMARTS) is 1. The molecular formula is C13H14FNO4. The summed E-state index contributed by atoms with van der Waals surface area (Å²) in [6, 6.07) is 2.58. The third-order valence-electron chi connectivity index (χ3n) is 2.99. The normalized spacial score (nSPS) is 15.7. The van der Waals surface area contributed by atoms with E-state index in [0.29, 0.717) is 0 Å². The Kier molecular flexibility index (Phi) is 3.69. The van der Waals surface area contributed by atoms with Crippen LogP contribution in [0.3, 0.4) is 0 Å². The minimum Gasteiger partial charge on any atom is -0.494 e. The lowest BCUT2D eigenvalue weighted by Crippen LogP contribution is -2.34. The first kappa shape index (κ1) is 13.3. The minimum absolute atomic E-state index is 0.0291. The lowest BCUT2D eigenvalue weighted by atomic mass is 10.1. The molecule has 0 saturated heterocycles. The van der Waals surface area contributed by atoms with Crippen LogP contribution in [-0.2, 0) is 9.59 Å². The summed E-state index contributed by atoms with van der Waals surface area (Å²) in [5.74, 6) is -2.26. The molecule has 0 spiro atoms. The molecule has 1 aromatic rings. The quantitative estimate of drug-likeness (QED) is 0.847. The number of rotatable bonds is 5. The summed E-state index contributed by atoms with van der Waals surface area (Å²) in [5.41, 5.74) is 0.180. The molecule has 0 aromatic heterocycles. The average Bonchev–Trinajstić information content (AvgIpc) is 3.19. The molecule has 2 rings (SSSR count). The van der Waals surface area contributed by atoms with Crippen LogP contribution in [-0.4, -0.2) is 24.1 Å². The minimum atomic E-state index is -1.24. The second-order valence-electron chi connectivity index (χ2n) is 4.45. The van der Waals surface area contributed by atoms with E-state index in [2.05, 4.69) is 5.32 Å². The molecule has 0 heterocycles. The van der Waals surface area contributed by atoms with Gasteiger partial charge in [-0.2, -0.15) is 0 Å². The van der Waals surface area contributed by atoms with Crippen LogP contribution in [0.4, 0.5) is 4.39 Å². The number of halogens is 1. The van der Waals surface area contributed by atoms with Gasteiger partial charge in [0, 0.05) is 5.92 Å². The number of nitrogens with one attached hydrogen (secondary N) is 1. The van der Waals surface area contributed by atoms with Crippen LogP contribution in [0.1, 0.15) is 24.4 Å². The zero-order valence-corrected chi connectivity index (χ0v) is 10.4. The van der Waals surface area contributed by atoms with E-state index in [9.17, 15) is 14.0 Å². The van der Waals surface area contributed by atoms with E-state index in [1.165, 1.54) is 19.2 Å². The average molecular weight is 267 g/mol. The summed E-state index contributed by atoms with van der Waals surface area (Å²) in [6.07, 6.45) is 1.55. The molecule has 1 fully saturated rings. The number of carbonyl (C=O) groups excluding carboxylic acids is 1. The van der Waals surface area contributed by atoms with Crippen molar-refractivity contribution in [3.8, 4) is 5.75 Å². The van der Waals surface area contributed by atoms with Crippen molar-refractivity contribution in [2.45, 2.75) is 18.9 Å². The van der Waals surface area contributed by atoms with Crippen molar-refractivity contribution >= 4 is 11.9 Å². The van der Waals surface area contributed by atoms with Gasteiger partial charge in [0.1, 0.15) is 0 Å². The number of hydrogen-bond acceptors (Lipinski definition) is 3. The van der Waals surface area contributed by atoms with Crippen LogP contribution in [0.25, 0.3) is 0 Å². The summed E-state index contributed by atoms with van der Waals surface area (Å²) in [7, 11) is 1.32. The number of carbonyl (C=O) groups is 2. The molecular weight excluding hydrogens is 253 g/mol. The first-order valence-corrected chi connectivity index (χ1v) is 5.89. The molecule has 1 amide bonds. The van der Waals surface area contributed by atoms with Gasteiger partial charge < -0.3 is 15.2 Å². The highest BCUT2D eigenvalue weighted by atomic mass is 19.1. The second-order valence-corrected chi connectivity index (χ2v) is 4.45. The molecule has 0 bridgehead atoms. The summed E-state index contributed by atoms with van der Waals surface area (Å²) >= 11 is 0. The van der Waals surface area contributed by atoms with Gasteiger partial charge in [0.25, 0.3) is 0 Å². The van der Waals surface area contributed by atoms with Crippen molar-refractivity contribution in [2.24, 2.45) is 5.92 Å². The Morgan fingerprint density at radius 1 is 1.47 bits per heavy atom. The Hall–Kier alpha value is -2.11. The van der Waals surface area contributed by atoms with E-state index in [1.54, 1.807) is 0 Å². The van der Waals surface area contributed by atoms with Crippen LogP contribution in [0.2, 0.25) is 0 Å². The van der Waals surface area contributed by atoms with Gasteiger partial charge in [0.15, 0.2) is 17.6 Å². The van der Waals surface area contributed by atoms with E-state index in [1.807, 2.05) is 0 Å². The predicted molar refractivity (Wildman–Crippen MR) is 64.2 cm³/mol. The van der Waals surface area contributed by atoms with Crippen molar-refractivity contribution in [2.75, 3.05) is 7.11 Å². The topological polar surface area (TPSA) is 75.6 Å². The number of ether oxygens (including phenoxy) is 1. The van der Waals surface area contributed by atoms with Crippen LogP contribution >= 0.6 is 0 Å². The second kappa shape index (κ2) is 5.26. The lowest BCUT2D eigenvalue weighted by Gasteiger charge is -2.15. The van der Waals surface area contributed by atoms with Gasteiger partial charge in [-0.05, 0) is 30.5 Å². The molecule has 19 heavy (non-hydrogen) atoms. The molecule has 1 unspecified atom stereocenters. The van der Waals surface area contributed by atoms with Gasteiger partial charge in [-0.25, -0.2) is 9.18 Å². The van der Waals surface area contributed by atoms with Crippen molar-refractivity contribution in [3.63, 3.8) is 0 Å². The Morgan fingerprint density at radius 2 is 2.16 bits per heavy atom. The monoisotopic (exact) mass is 267 g/mol. The number of carboxylic acids is 1. The molecule has 1 aliphatic carbocycles. The maximum Gasteiger partial charge on any atom is 0.330 e. The molecule has 1 aromatic carbocycles. The van der Waals surface area contributed by atoms with Crippen LogP contribution in [0.5, 0.6) is 5.75 Å². The molecule has 6 heteroatoms. The van der Waals surface area contributed by atoms with E-state index >= 15 is 0 Å². The zero-order chi connectivity index (χ0) is 14.0. The molecule has 1 saturated carbocycles. The molecule has 102 valence electrons. The third kappa shape index (κ3) is 3.01. The van der Waals surface area contributed by atoms with Crippen LogP contribution in [0.15, 0.2) is 18.2 Å². The van der Waals surface area contributed by atoms with Gasteiger partial charge in [0.2, 0.25) is 5.91 Å². The predicted octanol–water partition coefficient (Wildman–Crippen LogP) is 1.49. The van der Waals surface area contributed by atoms with Gasteiger partial charge in [-0.3, -0.25) is 4.79 Å². The van der Waals surface area contributed by atoms with E-state index in [4.69, 9.17) is 9.84 Å². The first-order valence-electron chi connectivity index (χ1n) is 5.89. The number of hydrogen-bond donors (Lipinski definition) is 2. The highest BCUT2D eigenvalue weighted by molar-refractivity contribution is 5.87. The van der Waals surface area contributed by atoms with Crippen molar-refractivity contribution in [1.29, 1.82) is 0 Å². The smallest absolute Gasteiger partial charge is 0.330 e. The standard InChI is InChI=1S/C13H14FNO4/c1-19-10-5-4-8(6-9(10)14)11(13(17)18)15-12(16)7-2-3-7/h4-7,11H,2-3H2,1H3,(H,15,16)(H,17,18). The van der Waals surface area contributed by atoms with Crippen molar-refractivity contribution in [3.05, 3.63) is 29.6 Å². The Morgan fingerprint density at radius 3 is 2.63 bits per heavy atom. The van der Waals surface area contributed by atoms with Gasteiger partial charge >= 0.3 is 5.97 Å². The number of benzene rings is 1.